The lowest BCUT2D eigenvalue weighted by Crippen LogP contribution is -2.16. The highest BCUT2D eigenvalue weighted by Gasteiger charge is 2.11. The molecule has 3 aromatic rings. The zero-order valence-electron chi connectivity index (χ0n) is 14.2. The van der Waals surface area contributed by atoms with Crippen LogP contribution in [0.4, 0.5) is 5.69 Å². The largest absolute Gasteiger partial charge is 0.497 e. The third-order valence-electron chi connectivity index (χ3n) is 3.61. The Bertz CT molecular complexity index is 1000. The molecule has 3 rings (SSSR count). The topological polar surface area (TPSA) is 93.3 Å². The van der Waals surface area contributed by atoms with Gasteiger partial charge in [0.15, 0.2) is 5.16 Å². The van der Waals surface area contributed by atoms with Gasteiger partial charge in [-0.1, -0.05) is 23.9 Å². The van der Waals surface area contributed by atoms with Crippen LogP contribution in [0.1, 0.15) is 0 Å². The van der Waals surface area contributed by atoms with Gasteiger partial charge in [0.25, 0.3) is 5.56 Å². The summed E-state index contributed by atoms with van der Waals surface area (Å²) in [7, 11) is 3.07. The number of para-hydroxylation sites is 1. The highest BCUT2D eigenvalue weighted by molar-refractivity contribution is 7.99. The molecule has 0 aliphatic rings. The van der Waals surface area contributed by atoms with Gasteiger partial charge in [-0.2, -0.15) is 0 Å². The minimum atomic E-state index is -0.241. The molecule has 1 aromatic heterocycles. The Hall–Kier alpha value is -3.00. The number of hydrogen-bond donors (Lipinski definition) is 2. The third-order valence-corrected chi connectivity index (χ3v) is 4.49. The highest BCUT2D eigenvalue weighted by Crippen LogP contribution is 2.29. The van der Waals surface area contributed by atoms with Gasteiger partial charge in [-0.3, -0.25) is 9.59 Å². The monoisotopic (exact) mass is 371 g/mol. The number of benzene rings is 2. The lowest BCUT2D eigenvalue weighted by Gasteiger charge is -2.11. The first-order valence-electron chi connectivity index (χ1n) is 7.74. The van der Waals surface area contributed by atoms with E-state index in [1.54, 1.807) is 43.5 Å². The van der Waals surface area contributed by atoms with Crippen LogP contribution in [0.3, 0.4) is 0 Å². The van der Waals surface area contributed by atoms with E-state index in [0.29, 0.717) is 33.2 Å². The molecule has 0 bridgehead atoms. The Morgan fingerprint density at radius 1 is 1.19 bits per heavy atom. The van der Waals surface area contributed by atoms with E-state index in [2.05, 4.69) is 15.3 Å². The van der Waals surface area contributed by atoms with Crippen molar-refractivity contribution in [3.05, 3.63) is 52.8 Å². The first-order valence-corrected chi connectivity index (χ1v) is 8.73. The fourth-order valence-electron chi connectivity index (χ4n) is 2.36. The van der Waals surface area contributed by atoms with Gasteiger partial charge < -0.3 is 19.8 Å². The number of ether oxygens (including phenoxy) is 2. The number of amides is 1. The summed E-state index contributed by atoms with van der Waals surface area (Å²) >= 11 is 1.15. The summed E-state index contributed by atoms with van der Waals surface area (Å²) in [6.45, 7) is 0. The normalized spacial score (nSPS) is 10.5. The van der Waals surface area contributed by atoms with Crippen molar-refractivity contribution in [2.45, 2.75) is 5.16 Å². The van der Waals surface area contributed by atoms with E-state index in [1.165, 1.54) is 7.11 Å². The zero-order chi connectivity index (χ0) is 18.5. The van der Waals surface area contributed by atoms with Crippen molar-refractivity contribution in [2.75, 3.05) is 25.3 Å². The van der Waals surface area contributed by atoms with Gasteiger partial charge in [0, 0.05) is 6.07 Å². The van der Waals surface area contributed by atoms with E-state index in [-0.39, 0.29) is 17.2 Å². The summed E-state index contributed by atoms with van der Waals surface area (Å²) in [5, 5.41) is 3.69. The van der Waals surface area contributed by atoms with Crippen molar-refractivity contribution in [3.63, 3.8) is 0 Å². The fraction of sp³-hybridized carbons (Fsp3) is 0.167. The van der Waals surface area contributed by atoms with Crippen molar-refractivity contribution in [2.24, 2.45) is 0 Å². The SMILES string of the molecule is COc1ccc(NC(=O)CSc2nc3ccccc3c(=O)[nH]2)c(OC)c1. The van der Waals surface area contributed by atoms with Gasteiger partial charge >= 0.3 is 0 Å². The summed E-state index contributed by atoms with van der Waals surface area (Å²) in [6, 6.07) is 12.2. The van der Waals surface area contributed by atoms with Crippen LogP contribution in [0, 0.1) is 0 Å². The minimum absolute atomic E-state index is 0.0937. The number of nitrogens with one attached hydrogen (secondary N) is 2. The van der Waals surface area contributed by atoms with E-state index in [0.717, 1.165) is 11.8 Å². The number of nitrogens with zero attached hydrogens (tertiary/aromatic N) is 1. The van der Waals surface area contributed by atoms with E-state index in [4.69, 9.17) is 9.47 Å². The average molecular weight is 371 g/mol. The molecule has 26 heavy (non-hydrogen) atoms. The smallest absolute Gasteiger partial charge is 0.259 e. The Kier molecular flexibility index (Phi) is 5.43. The van der Waals surface area contributed by atoms with E-state index in [9.17, 15) is 9.59 Å². The molecule has 1 heterocycles. The molecule has 0 atom stereocenters. The predicted octanol–water partition coefficient (Wildman–Crippen LogP) is 2.67. The molecular formula is C18H17N3O4S. The molecule has 0 saturated carbocycles. The van der Waals surface area contributed by atoms with Gasteiger partial charge in [-0.05, 0) is 24.3 Å². The maximum Gasteiger partial charge on any atom is 0.259 e. The second kappa shape index (κ2) is 7.92. The van der Waals surface area contributed by atoms with Crippen LogP contribution in [0.25, 0.3) is 10.9 Å². The Labute approximate surface area is 153 Å². The number of carbonyl (C=O) groups excluding carboxylic acids is 1. The molecule has 2 aromatic carbocycles. The van der Waals surface area contributed by atoms with Gasteiger partial charge in [-0.25, -0.2) is 4.98 Å². The van der Waals surface area contributed by atoms with Crippen LogP contribution in [-0.4, -0.2) is 35.8 Å². The molecule has 1 amide bonds. The minimum Gasteiger partial charge on any atom is -0.497 e. The molecule has 0 unspecified atom stereocenters. The van der Waals surface area contributed by atoms with Crippen LogP contribution in [-0.2, 0) is 4.79 Å². The van der Waals surface area contributed by atoms with Crippen molar-refractivity contribution in [1.82, 2.24) is 9.97 Å². The number of methoxy groups -OCH3 is 2. The molecule has 0 radical (unpaired) electrons. The maximum absolute atomic E-state index is 12.2. The van der Waals surface area contributed by atoms with Gasteiger partial charge in [0.2, 0.25) is 5.91 Å². The number of thioether (sulfide) groups is 1. The molecule has 0 aliphatic heterocycles. The number of carbonyl (C=O) groups is 1. The molecule has 0 saturated heterocycles. The van der Waals surface area contributed by atoms with Crippen LogP contribution in [0.15, 0.2) is 52.4 Å². The second-order valence-corrected chi connectivity index (χ2v) is 6.26. The number of aromatic amines is 1. The van der Waals surface area contributed by atoms with Crippen LogP contribution in [0.5, 0.6) is 11.5 Å². The summed E-state index contributed by atoms with van der Waals surface area (Å²) < 4.78 is 10.4. The number of aromatic nitrogens is 2. The predicted molar refractivity (Wildman–Crippen MR) is 101 cm³/mol. The molecule has 2 N–H and O–H groups in total. The Morgan fingerprint density at radius 3 is 2.77 bits per heavy atom. The lowest BCUT2D eigenvalue weighted by atomic mass is 10.2. The molecule has 0 fully saturated rings. The summed E-state index contributed by atoms with van der Waals surface area (Å²) in [5.74, 6) is 0.984. The number of fused-ring (bicyclic) bond motifs is 1. The summed E-state index contributed by atoms with van der Waals surface area (Å²) in [4.78, 5) is 31.3. The Balaban J connectivity index is 1.69. The van der Waals surface area contributed by atoms with E-state index in [1.807, 2.05) is 6.07 Å². The standard InChI is InChI=1S/C18H17N3O4S/c1-24-11-7-8-14(15(9-11)25-2)19-16(22)10-26-18-20-13-6-4-3-5-12(13)17(23)21-18/h3-9H,10H2,1-2H3,(H,19,22)(H,20,21,23). The maximum atomic E-state index is 12.2. The van der Waals surface area contributed by atoms with E-state index >= 15 is 0 Å². The van der Waals surface area contributed by atoms with Crippen LogP contribution < -0.4 is 20.3 Å². The third kappa shape index (κ3) is 3.97. The highest BCUT2D eigenvalue weighted by atomic mass is 32.2. The van der Waals surface area contributed by atoms with Crippen molar-refractivity contribution in [3.8, 4) is 11.5 Å². The summed E-state index contributed by atoms with van der Waals surface area (Å²) in [5.41, 5.74) is 0.908. The lowest BCUT2D eigenvalue weighted by molar-refractivity contribution is -0.113. The van der Waals surface area contributed by atoms with E-state index < -0.39 is 0 Å². The van der Waals surface area contributed by atoms with Gasteiger partial charge in [0.1, 0.15) is 11.5 Å². The summed E-state index contributed by atoms with van der Waals surface area (Å²) in [6.07, 6.45) is 0. The van der Waals surface area contributed by atoms with Gasteiger partial charge in [0.05, 0.1) is 36.6 Å². The van der Waals surface area contributed by atoms with Crippen LogP contribution in [0.2, 0.25) is 0 Å². The van der Waals surface area contributed by atoms with Crippen molar-refractivity contribution < 1.29 is 14.3 Å². The zero-order valence-corrected chi connectivity index (χ0v) is 15.1. The van der Waals surface area contributed by atoms with Gasteiger partial charge in [-0.15, -0.1) is 0 Å². The molecule has 7 nitrogen and oxygen atoms in total. The molecular weight excluding hydrogens is 354 g/mol. The number of anilines is 1. The first-order chi connectivity index (χ1) is 12.6. The van der Waals surface area contributed by atoms with Crippen molar-refractivity contribution in [1.29, 1.82) is 0 Å². The number of hydrogen-bond acceptors (Lipinski definition) is 6. The van der Waals surface area contributed by atoms with Crippen molar-refractivity contribution >= 4 is 34.3 Å². The number of H-pyrrole nitrogens is 1. The molecule has 8 heteroatoms. The first kappa shape index (κ1) is 17.8. The molecule has 0 spiro atoms. The number of rotatable bonds is 6. The quantitative estimate of drug-likeness (QED) is 0.511. The molecule has 0 aliphatic carbocycles. The second-order valence-electron chi connectivity index (χ2n) is 5.29. The average Bonchev–Trinajstić information content (AvgIpc) is 2.66. The van der Waals surface area contributed by atoms with Crippen LogP contribution >= 0.6 is 11.8 Å². The fourth-order valence-corrected chi connectivity index (χ4v) is 3.02. The molecule has 134 valence electrons. The Morgan fingerprint density at radius 2 is 2.00 bits per heavy atom.